The van der Waals surface area contributed by atoms with Gasteiger partial charge in [0.15, 0.2) is 0 Å². The highest BCUT2D eigenvalue weighted by molar-refractivity contribution is 5.94. The van der Waals surface area contributed by atoms with Crippen LogP contribution in [-0.2, 0) is 4.79 Å². The summed E-state index contributed by atoms with van der Waals surface area (Å²) in [4.78, 5) is 22.3. The number of nitrogens with zero attached hydrogens (tertiary/aromatic N) is 1. The molecule has 126 valence electrons. The highest BCUT2D eigenvalue weighted by Crippen LogP contribution is 2.25. The van der Waals surface area contributed by atoms with Crippen LogP contribution in [0.2, 0.25) is 0 Å². The van der Waals surface area contributed by atoms with Gasteiger partial charge in [0, 0.05) is 41.7 Å². The number of methoxy groups -OCH3 is 2. The van der Waals surface area contributed by atoms with Crippen LogP contribution in [-0.4, -0.2) is 31.6 Å². The van der Waals surface area contributed by atoms with E-state index in [1.54, 1.807) is 30.3 Å². The van der Waals surface area contributed by atoms with Crippen molar-refractivity contribution in [3.8, 4) is 11.5 Å². The monoisotopic (exact) mass is 331 g/mol. The summed E-state index contributed by atoms with van der Waals surface area (Å²) in [5, 5.41) is 16.3. The van der Waals surface area contributed by atoms with E-state index < -0.39 is 4.92 Å². The zero-order chi connectivity index (χ0) is 17.5. The molecule has 8 heteroatoms. The third-order valence-electron chi connectivity index (χ3n) is 3.15. The number of carbonyl (C=O) groups is 1. The van der Waals surface area contributed by atoms with Gasteiger partial charge in [0.05, 0.1) is 25.7 Å². The SMILES string of the molecule is COc1cc(NC(=O)CNc2cccc([N+](=O)[O-])c2)cc(OC)c1. The lowest BCUT2D eigenvalue weighted by Gasteiger charge is -2.11. The summed E-state index contributed by atoms with van der Waals surface area (Å²) >= 11 is 0. The van der Waals surface area contributed by atoms with Crippen molar-refractivity contribution in [3.63, 3.8) is 0 Å². The molecule has 0 spiro atoms. The summed E-state index contributed by atoms with van der Waals surface area (Å²) in [5.41, 5.74) is 0.970. The fourth-order valence-corrected chi connectivity index (χ4v) is 2.00. The van der Waals surface area contributed by atoms with E-state index >= 15 is 0 Å². The van der Waals surface area contributed by atoms with Crippen LogP contribution in [0.3, 0.4) is 0 Å². The van der Waals surface area contributed by atoms with Crippen molar-refractivity contribution in [3.05, 3.63) is 52.6 Å². The number of nitrogens with one attached hydrogen (secondary N) is 2. The lowest BCUT2D eigenvalue weighted by Crippen LogP contribution is -2.21. The molecule has 0 bridgehead atoms. The van der Waals surface area contributed by atoms with Crippen LogP contribution in [0.15, 0.2) is 42.5 Å². The number of nitro groups is 1. The number of hydrogen-bond donors (Lipinski definition) is 2. The van der Waals surface area contributed by atoms with E-state index in [1.165, 1.54) is 26.4 Å². The minimum atomic E-state index is -0.492. The lowest BCUT2D eigenvalue weighted by molar-refractivity contribution is -0.384. The van der Waals surface area contributed by atoms with Gasteiger partial charge in [-0.1, -0.05) is 6.07 Å². The van der Waals surface area contributed by atoms with Gasteiger partial charge in [-0.2, -0.15) is 0 Å². The van der Waals surface area contributed by atoms with Crippen molar-refractivity contribution in [1.29, 1.82) is 0 Å². The molecule has 8 nitrogen and oxygen atoms in total. The van der Waals surface area contributed by atoms with Gasteiger partial charge >= 0.3 is 0 Å². The predicted octanol–water partition coefficient (Wildman–Crippen LogP) is 2.66. The van der Waals surface area contributed by atoms with Crippen LogP contribution in [0.4, 0.5) is 17.1 Å². The van der Waals surface area contributed by atoms with Gasteiger partial charge in [-0.25, -0.2) is 0 Å². The number of amides is 1. The maximum Gasteiger partial charge on any atom is 0.271 e. The van der Waals surface area contributed by atoms with Crippen molar-refractivity contribution >= 4 is 23.0 Å². The van der Waals surface area contributed by atoms with Crippen molar-refractivity contribution in [1.82, 2.24) is 0 Å². The van der Waals surface area contributed by atoms with Crippen LogP contribution in [0, 0.1) is 10.1 Å². The Labute approximate surface area is 138 Å². The Balaban J connectivity index is 1.98. The van der Waals surface area contributed by atoms with E-state index in [2.05, 4.69) is 10.6 Å². The quantitative estimate of drug-likeness (QED) is 0.597. The Hall–Kier alpha value is -3.29. The molecule has 0 saturated carbocycles. The van der Waals surface area contributed by atoms with Gasteiger partial charge < -0.3 is 20.1 Å². The summed E-state index contributed by atoms with van der Waals surface area (Å²) in [6.45, 7) is -0.0410. The molecule has 0 unspecified atom stereocenters. The maximum absolute atomic E-state index is 12.0. The molecule has 2 rings (SSSR count). The highest BCUT2D eigenvalue weighted by Gasteiger charge is 2.08. The number of nitro benzene ring substituents is 1. The zero-order valence-corrected chi connectivity index (χ0v) is 13.2. The van der Waals surface area contributed by atoms with Gasteiger partial charge in [0.2, 0.25) is 5.91 Å². The van der Waals surface area contributed by atoms with Gasteiger partial charge in [0.25, 0.3) is 5.69 Å². The van der Waals surface area contributed by atoms with E-state index in [9.17, 15) is 14.9 Å². The molecule has 0 atom stereocenters. The summed E-state index contributed by atoms with van der Waals surface area (Å²) in [7, 11) is 3.04. The van der Waals surface area contributed by atoms with Gasteiger partial charge in [-0.05, 0) is 6.07 Å². The molecule has 2 aromatic carbocycles. The molecule has 0 fully saturated rings. The fourth-order valence-electron chi connectivity index (χ4n) is 2.00. The van der Waals surface area contributed by atoms with Crippen LogP contribution in [0.5, 0.6) is 11.5 Å². The first-order valence-corrected chi connectivity index (χ1v) is 7.03. The van der Waals surface area contributed by atoms with Crippen LogP contribution in [0.1, 0.15) is 0 Å². The molecule has 0 saturated heterocycles. The topological polar surface area (TPSA) is 103 Å². The number of non-ortho nitro benzene ring substituents is 1. The average Bonchev–Trinajstić information content (AvgIpc) is 2.59. The van der Waals surface area contributed by atoms with Crippen LogP contribution < -0.4 is 20.1 Å². The van der Waals surface area contributed by atoms with Crippen molar-refractivity contribution in [2.75, 3.05) is 31.4 Å². The van der Waals surface area contributed by atoms with E-state index in [-0.39, 0.29) is 18.1 Å². The standard InChI is InChI=1S/C16H17N3O5/c1-23-14-7-12(8-15(9-14)24-2)18-16(20)10-17-11-4-3-5-13(6-11)19(21)22/h3-9,17H,10H2,1-2H3,(H,18,20). The van der Waals surface area contributed by atoms with Crippen molar-refractivity contribution < 1.29 is 19.2 Å². The van der Waals surface area contributed by atoms with E-state index in [4.69, 9.17) is 9.47 Å². The highest BCUT2D eigenvalue weighted by atomic mass is 16.6. The molecule has 0 radical (unpaired) electrons. The molecule has 1 amide bonds. The third-order valence-corrected chi connectivity index (χ3v) is 3.15. The first-order chi connectivity index (χ1) is 11.5. The van der Waals surface area contributed by atoms with Gasteiger partial charge in [-0.3, -0.25) is 14.9 Å². The molecule has 0 heterocycles. The molecule has 24 heavy (non-hydrogen) atoms. The minimum Gasteiger partial charge on any atom is -0.497 e. The third kappa shape index (κ3) is 4.60. The summed E-state index contributed by atoms with van der Waals surface area (Å²) in [6, 6.07) is 11.0. The summed E-state index contributed by atoms with van der Waals surface area (Å²) in [5.74, 6) is 0.796. The Morgan fingerprint density at radius 3 is 2.33 bits per heavy atom. The summed E-state index contributed by atoms with van der Waals surface area (Å²) < 4.78 is 10.3. The van der Waals surface area contributed by atoms with Crippen molar-refractivity contribution in [2.24, 2.45) is 0 Å². The largest absolute Gasteiger partial charge is 0.497 e. The van der Waals surface area contributed by atoms with Crippen LogP contribution in [0.25, 0.3) is 0 Å². The first kappa shape index (κ1) is 17.1. The first-order valence-electron chi connectivity index (χ1n) is 7.03. The number of rotatable bonds is 7. The molecular formula is C16H17N3O5. The Kier molecular flexibility index (Phi) is 5.56. The Bertz CT molecular complexity index is 726. The second-order valence-corrected chi connectivity index (χ2v) is 4.81. The molecule has 0 aliphatic carbocycles. The molecule has 2 aromatic rings. The second kappa shape index (κ2) is 7.82. The van der Waals surface area contributed by atoms with E-state index in [0.29, 0.717) is 22.9 Å². The summed E-state index contributed by atoms with van der Waals surface area (Å²) in [6.07, 6.45) is 0. The molecular weight excluding hydrogens is 314 g/mol. The van der Waals surface area contributed by atoms with E-state index in [1.807, 2.05) is 0 Å². The van der Waals surface area contributed by atoms with Crippen molar-refractivity contribution in [2.45, 2.75) is 0 Å². The minimum absolute atomic E-state index is 0.0410. The van der Waals surface area contributed by atoms with Crippen LogP contribution >= 0.6 is 0 Å². The average molecular weight is 331 g/mol. The maximum atomic E-state index is 12.0. The number of hydrogen-bond acceptors (Lipinski definition) is 6. The predicted molar refractivity (Wildman–Crippen MR) is 89.8 cm³/mol. The Morgan fingerprint density at radius 1 is 1.08 bits per heavy atom. The molecule has 2 N–H and O–H groups in total. The van der Waals surface area contributed by atoms with E-state index in [0.717, 1.165) is 0 Å². The number of benzene rings is 2. The molecule has 0 aliphatic heterocycles. The smallest absolute Gasteiger partial charge is 0.271 e. The second-order valence-electron chi connectivity index (χ2n) is 4.81. The zero-order valence-electron chi connectivity index (χ0n) is 13.2. The molecule has 0 aromatic heterocycles. The number of carbonyl (C=O) groups excluding carboxylic acids is 1. The Morgan fingerprint density at radius 2 is 1.75 bits per heavy atom. The number of ether oxygens (including phenoxy) is 2. The lowest BCUT2D eigenvalue weighted by atomic mass is 10.2. The van der Waals surface area contributed by atoms with Gasteiger partial charge in [0.1, 0.15) is 11.5 Å². The molecule has 0 aliphatic rings. The number of anilines is 2. The van der Waals surface area contributed by atoms with Gasteiger partial charge in [-0.15, -0.1) is 0 Å². The normalized spacial score (nSPS) is 9.92. The fraction of sp³-hybridized carbons (Fsp3) is 0.188.